The first kappa shape index (κ1) is 29.6. The van der Waals surface area contributed by atoms with Gasteiger partial charge in [-0.25, -0.2) is 13.2 Å². The summed E-state index contributed by atoms with van der Waals surface area (Å²) in [4.78, 5) is 27.2. The van der Waals surface area contributed by atoms with Crippen molar-refractivity contribution in [1.29, 1.82) is 0 Å². The third kappa shape index (κ3) is 7.84. The van der Waals surface area contributed by atoms with Gasteiger partial charge in [0.2, 0.25) is 15.9 Å². The zero-order valence-electron chi connectivity index (χ0n) is 21.2. The van der Waals surface area contributed by atoms with Crippen LogP contribution in [0.15, 0.2) is 47.4 Å². The van der Waals surface area contributed by atoms with Crippen LogP contribution in [0.1, 0.15) is 18.4 Å². The molecule has 2 aromatic carbocycles. The molecule has 0 aromatic heterocycles. The highest BCUT2D eigenvalue weighted by atomic mass is 35.5. The molecule has 2 atom stereocenters. The van der Waals surface area contributed by atoms with Crippen molar-refractivity contribution in [3.63, 3.8) is 0 Å². The normalized spacial score (nSPS) is 19.5. The number of carbonyl (C=O) groups excluding carboxylic acids is 1. The third-order valence-electron chi connectivity index (χ3n) is 6.71. The van der Waals surface area contributed by atoms with E-state index in [1.807, 2.05) is 0 Å². The number of carboxylic acids is 1. The minimum absolute atomic E-state index is 0.0263. The summed E-state index contributed by atoms with van der Waals surface area (Å²) in [5, 5.41) is 12.6. The monoisotopic (exact) mass is 599 g/mol. The number of benzene rings is 2. The first-order valence-corrected chi connectivity index (χ1v) is 14.9. The Hall–Kier alpha value is -2.41. The Labute approximate surface area is 237 Å². The molecule has 0 spiro atoms. The molecule has 212 valence electrons. The van der Waals surface area contributed by atoms with Crippen molar-refractivity contribution < 1.29 is 32.6 Å². The average molecular weight is 601 g/mol. The standard InChI is InChI=1S/C26H31Cl2N3O7S/c27-19-15-20(28)17-22(16-19)39(35,36)31-7-1-2-24(31)25(32)29-23(26(33)34)14-18-3-5-21(6-4-18)38-13-10-30-8-11-37-12-9-30/h3-6,15-17,23-24H,1-2,7-14H2,(H,29,32)(H,33,34)/t23?,24-/m0/s1. The molecule has 10 nitrogen and oxygen atoms in total. The number of ether oxygens (including phenoxy) is 2. The topological polar surface area (TPSA) is 125 Å². The van der Waals surface area contributed by atoms with E-state index in [0.717, 1.165) is 37.2 Å². The maximum Gasteiger partial charge on any atom is 0.326 e. The minimum atomic E-state index is -4.08. The van der Waals surface area contributed by atoms with Crippen LogP contribution in [0.2, 0.25) is 10.0 Å². The molecule has 0 aliphatic carbocycles. The van der Waals surface area contributed by atoms with Gasteiger partial charge in [0.15, 0.2) is 0 Å². The molecule has 0 bridgehead atoms. The second-order valence-electron chi connectivity index (χ2n) is 9.43. The van der Waals surface area contributed by atoms with Crippen molar-refractivity contribution in [1.82, 2.24) is 14.5 Å². The van der Waals surface area contributed by atoms with Crippen LogP contribution >= 0.6 is 23.2 Å². The van der Waals surface area contributed by atoms with E-state index in [9.17, 15) is 23.1 Å². The first-order chi connectivity index (χ1) is 18.6. The summed E-state index contributed by atoms with van der Waals surface area (Å²) in [5.41, 5.74) is 0.688. The maximum atomic E-state index is 13.3. The molecular formula is C26H31Cl2N3O7S. The Bertz CT molecular complexity index is 1250. The summed E-state index contributed by atoms with van der Waals surface area (Å²) in [7, 11) is -4.08. The molecular weight excluding hydrogens is 569 g/mol. The van der Waals surface area contributed by atoms with Crippen LogP contribution in [0.25, 0.3) is 0 Å². The average Bonchev–Trinajstić information content (AvgIpc) is 3.41. The highest BCUT2D eigenvalue weighted by Crippen LogP contribution is 2.30. The van der Waals surface area contributed by atoms with E-state index < -0.39 is 34.0 Å². The zero-order valence-corrected chi connectivity index (χ0v) is 23.6. The van der Waals surface area contributed by atoms with E-state index in [-0.39, 0.29) is 34.3 Å². The smallest absolute Gasteiger partial charge is 0.326 e. The Morgan fingerprint density at radius 3 is 2.38 bits per heavy atom. The van der Waals surface area contributed by atoms with E-state index in [2.05, 4.69) is 10.2 Å². The fraction of sp³-hybridized carbons (Fsp3) is 0.462. The number of carbonyl (C=O) groups is 2. The van der Waals surface area contributed by atoms with Crippen LogP contribution < -0.4 is 10.1 Å². The van der Waals surface area contributed by atoms with Gasteiger partial charge in [-0.2, -0.15) is 4.31 Å². The number of carboxylic acid groups (broad SMARTS) is 1. The Morgan fingerprint density at radius 1 is 1.08 bits per heavy atom. The van der Waals surface area contributed by atoms with Crippen LogP contribution in [0.5, 0.6) is 5.75 Å². The molecule has 13 heteroatoms. The quantitative estimate of drug-likeness (QED) is 0.404. The number of sulfonamides is 1. The van der Waals surface area contributed by atoms with Crippen LogP contribution in [0, 0.1) is 0 Å². The van der Waals surface area contributed by atoms with Gasteiger partial charge in [0.05, 0.1) is 18.1 Å². The largest absolute Gasteiger partial charge is 0.492 e. The number of nitrogens with zero attached hydrogens (tertiary/aromatic N) is 2. The van der Waals surface area contributed by atoms with Crippen molar-refractivity contribution >= 4 is 45.1 Å². The van der Waals surface area contributed by atoms with Gasteiger partial charge >= 0.3 is 5.97 Å². The summed E-state index contributed by atoms with van der Waals surface area (Å²) in [6.07, 6.45) is 0.747. The van der Waals surface area contributed by atoms with Gasteiger partial charge in [-0.05, 0) is 48.7 Å². The lowest BCUT2D eigenvalue weighted by molar-refractivity contribution is -0.142. The van der Waals surface area contributed by atoms with Crippen molar-refractivity contribution in [3.05, 3.63) is 58.1 Å². The molecule has 1 unspecified atom stereocenters. The molecule has 2 saturated heterocycles. The van der Waals surface area contributed by atoms with Crippen molar-refractivity contribution in [2.45, 2.75) is 36.2 Å². The summed E-state index contributed by atoms with van der Waals surface area (Å²) < 4.78 is 38.7. The van der Waals surface area contributed by atoms with E-state index in [0.29, 0.717) is 24.3 Å². The van der Waals surface area contributed by atoms with Crippen LogP contribution in [-0.4, -0.2) is 92.7 Å². The third-order valence-corrected chi connectivity index (χ3v) is 9.03. The molecule has 0 radical (unpaired) electrons. The predicted molar refractivity (Wildman–Crippen MR) is 146 cm³/mol. The molecule has 2 heterocycles. The number of hydrogen-bond donors (Lipinski definition) is 2. The molecule has 2 N–H and O–H groups in total. The lowest BCUT2D eigenvalue weighted by Crippen LogP contribution is -2.51. The Morgan fingerprint density at radius 2 is 1.74 bits per heavy atom. The lowest BCUT2D eigenvalue weighted by atomic mass is 10.1. The number of amides is 1. The van der Waals surface area contributed by atoms with Crippen molar-refractivity contribution in [2.75, 3.05) is 46.0 Å². The summed E-state index contributed by atoms with van der Waals surface area (Å²) in [6.45, 7) is 4.64. The minimum Gasteiger partial charge on any atom is -0.492 e. The molecule has 2 aliphatic rings. The second kappa shape index (κ2) is 13.3. The number of nitrogens with one attached hydrogen (secondary N) is 1. The molecule has 1 amide bonds. The molecule has 4 rings (SSSR count). The molecule has 2 aromatic rings. The Balaban J connectivity index is 1.36. The van der Waals surface area contributed by atoms with E-state index in [1.54, 1.807) is 24.3 Å². The highest BCUT2D eigenvalue weighted by molar-refractivity contribution is 7.89. The van der Waals surface area contributed by atoms with Crippen LogP contribution in [0.3, 0.4) is 0 Å². The second-order valence-corrected chi connectivity index (χ2v) is 12.2. The summed E-state index contributed by atoms with van der Waals surface area (Å²) in [5.74, 6) is -1.22. The Kier molecular flexibility index (Phi) is 10.1. The van der Waals surface area contributed by atoms with Gasteiger partial charge in [-0.15, -0.1) is 0 Å². The fourth-order valence-corrected chi connectivity index (χ4v) is 7.03. The van der Waals surface area contributed by atoms with E-state index in [1.165, 1.54) is 18.2 Å². The van der Waals surface area contributed by atoms with Crippen molar-refractivity contribution in [3.8, 4) is 5.75 Å². The number of morpholine rings is 1. The number of hydrogen-bond acceptors (Lipinski definition) is 7. The maximum absolute atomic E-state index is 13.3. The van der Waals surface area contributed by atoms with Crippen LogP contribution in [0.4, 0.5) is 0 Å². The van der Waals surface area contributed by atoms with Gasteiger partial charge < -0.3 is 19.9 Å². The zero-order chi connectivity index (χ0) is 28.0. The van der Waals surface area contributed by atoms with Crippen molar-refractivity contribution in [2.24, 2.45) is 0 Å². The number of halogens is 2. The molecule has 2 fully saturated rings. The van der Waals surface area contributed by atoms with Gasteiger partial charge in [-0.3, -0.25) is 9.69 Å². The lowest BCUT2D eigenvalue weighted by Gasteiger charge is -2.26. The highest BCUT2D eigenvalue weighted by Gasteiger charge is 2.40. The molecule has 2 aliphatic heterocycles. The number of aliphatic carboxylic acids is 1. The molecule has 39 heavy (non-hydrogen) atoms. The number of rotatable bonds is 11. The predicted octanol–water partition coefficient (Wildman–Crippen LogP) is 2.67. The SMILES string of the molecule is O=C(O)C(Cc1ccc(OCCN2CCOCC2)cc1)NC(=O)[C@@H]1CCCN1S(=O)(=O)c1cc(Cl)cc(Cl)c1. The molecule has 0 saturated carbocycles. The van der Waals surface area contributed by atoms with Gasteiger partial charge in [0.25, 0.3) is 0 Å². The van der Waals surface area contributed by atoms with E-state index >= 15 is 0 Å². The van der Waals surface area contributed by atoms with Gasteiger partial charge in [0.1, 0.15) is 24.4 Å². The van der Waals surface area contributed by atoms with Gasteiger partial charge in [0, 0.05) is 42.6 Å². The fourth-order valence-electron chi connectivity index (χ4n) is 4.65. The first-order valence-electron chi connectivity index (χ1n) is 12.7. The van der Waals surface area contributed by atoms with Gasteiger partial charge in [-0.1, -0.05) is 35.3 Å². The van der Waals surface area contributed by atoms with Crippen LogP contribution in [-0.2, 0) is 30.8 Å². The summed E-state index contributed by atoms with van der Waals surface area (Å²) in [6, 6.07) is 8.69. The van der Waals surface area contributed by atoms with E-state index in [4.69, 9.17) is 32.7 Å². The summed E-state index contributed by atoms with van der Waals surface area (Å²) >= 11 is 12.0.